The number of hydrogen-bond donors (Lipinski definition) is 3. The number of para-hydroxylation sites is 1. The molecule has 4 N–H and O–H groups in total. The van der Waals surface area contributed by atoms with Crippen molar-refractivity contribution >= 4 is 39.8 Å². The van der Waals surface area contributed by atoms with Gasteiger partial charge in [-0.3, -0.25) is 4.79 Å². The third kappa shape index (κ3) is 5.56. The SMILES string of the molecule is C=C(C)C(=O)NCCN(Cc1ccc(Cn2c(C3CCCO3)nc3c(N)nc4ccccc4c32)cc1)C(=O)O. The molecule has 2 aromatic heterocycles. The average molecular weight is 529 g/mol. The Morgan fingerprint density at radius 3 is 2.62 bits per heavy atom. The molecule has 1 fully saturated rings. The van der Waals surface area contributed by atoms with Gasteiger partial charge in [-0.15, -0.1) is 0 Å². The molecule has 0 bridgehead atoms. The molecule has 4 aromatic rings. The summed E-state index contributed by atoms with van der Waals surface area (Å²) in [6, 6.07) is 15.7. The molecule has 202 valence electrons. The Kier molecular flexibility index (Phi) is 7.47. The van der Waals surface area contributed by atoms with Gasteiger partial charge in [-0.05, 0) is 37.0 Å². The van der Waals surface area contributed by atoms with Crippen LogP contribution in [0, 0.1) is 0 Å². The summed E-state index contributed by atoms with van der Waals surface area (Å²) in [6.45, 7) is 7.04. The number of nitrogens with two attached hydrogens (primary N) is 1. The van der Waals surface area contributed by atoms with Crippen LogP contribution in [0.2, 0.25) is 0 Å². The minimum absolute atomic E-state index is 0.107. The van der Waals surface area contributed by atoms with Crippen molar-refractivity contribution in [2.45, 2.75) is 39.0 Å². The van der Waals surface area contributed by atoms with E-state index in [4.69, 9.17) is 15.5 Å². The van der Waals surface area contributed by atoms with E-state index in [2.05, 4.69) is 21.4 Å². The molecule has 10 heteroatoms. The number of ether oxygens (including phenoxy) is 1. The molecule has 5 rings (SSSR count). The van der Waals surface area contributed by atoms with Gasteiger partial charge >= 0.3 is 6.09 Å². The van der Waals surface area contributed by atoms with E-state index in [0.29, 0.717) is 30.1 Å². The van der Waals surface area contributed by atoms with Gasteiger partial charge < -0.3 is 30.4 Å². The van der Waals surface area contributed by atoms with Gasteiger partial charge in [-0.25, -0.2) is 14.8 Å². The molecule has 2 amide bonds. The Bertz CT molecular complexity index is 1540. The van der Waals surface area contributed by atoms with Crippen molar-refractivity contribution in [1.29, 1.82) is 0 Å². The number of hydrogen-bond acceptors (Lipinski definition) is 6. The molecule has 0 spiro atoms. The summed E-state index contributed by atoms with van der Waals surface area (Å²) >= 11 is 0. The predicted molar refractivity (Wildman–Crippen MR) is 149 cm³/mol. The molecular weight excluding hydrogens is 496 g/mol. The van der Waals surface area contributed by atoms with Crippen LogP contribution in [0.3, 0.4) is 0 Å². The molecule has 0 aliphatic carbocycles. The number of imidazole rings is 1. The number of pyridine rings is 1. The monoisotopic (exact) mass is 528 g/mol. The Labute approximate surface area is 226 Å². The molecule has 0 saturated carbocycles. The maximum atomic E-state index is 11.8. The van der Waals surface area contributed by atoms with Crippen molar-refractivity contribution in [3.63, 3.8) is 0 Å². The lowest BCUT2D eigenvalue weighted by molar-refractivity contribution is -0.117. The molecule has 1 atom stereocenters. The zero-order chi connectivity index (χ0) is 27.5. The maximum Gasteiger partial charge on any atom is 0.407 e. The number of benzene rings is 2. The van der Waals surface area contributed by atoms with Crippen LogP contribution in [-0.2, 0) is 22.6 Å². The highest BCUT2D eigenvalue weighted by Crippen LogP contribution is 2.35. The lowest BCUT2D eigenvalue weighted by Crippen LogP contribution is -2.37. The number of nitrogen functional groups attached to an aromatic ring is 1. The minimum atomic E-state index is -1.05. The highest BCUT2D eigenvalue weighted by Gasteiger charge is 2.26. The molecule has 1 saturated heterocycles. The minimum Gasteiger partial charge on any atom is -0.465 e. The Balaban J connectivity index is 1.40. The second-order valence-corrected chi connectivity index (χ2v) is 9.83. The molecule has 39 heavy (non-hydrogen) atoms. The zero-order valence-electron chi connectivity index (χ0n) is 21.9. The van der Waals surface area contributed by atoms with E-state index in [1.165, 1.54) is 4.90 Å². The average Bonchev–Trinajstić information content (AvgIpc) is 3.58. The highest BCUT2D eigenvalue weighted by molar-refractivity contribution is 6.06. The van der Waals surface area contributed by atoms with E-state index in [1.54, 1.807) is 6.92 Å². The topological polar surface area (TPSA) is 136 Å². The van der Waals surface area contributed by atoms with Crippen molar-refractivity contribution in [1.82, 2.24) is 24.8 Å². The third-order valence-electron chi connectivity index (χ3n) is 6.92. The van der Waals surface area contributed by atoms with Crippen molar-refractivity contribution in [3.05, 3.63) is 77.6 Å². The van der Waals surface area contributed by atoms with E-state index in [1.807, 2.05) is 48.5 Å². The van der Waals surface area contributed by atoms with Gasteiger partial charge in [-0.2, -0.15) is 0 Å². The molecule has 1 aliphatic heterocycles. The summed E-state index contributed by atoms with van der Waals surface area (Å²) in [7, 11) is 0. The summed E-state index contributed by atoms with van der Waals surface area (Å²) in [4.78, 5) is 34.2. The normalized spacial score (nSPS) is 15.1. The van der Waals surface area contributed by atoms with Crippen LogP contribution >= 0.6 is 0 Å². The zero-order valence-corrected chi connectivity index (χ0v) is 21.9. The predicted octanol–water partition coefficient (Wildman–Crippen LogP) is 4.24. The van der Waals surface area contributed by atoms with Gasteiger partial charge in [0.2, 0.25) is 5.91 Å². The smallest absolute Gasteiger partial charge is 0.407 e. The first-order valence-electron chi connectivity index (χ1n) is 13.0. The summed E-state index contributed by atoms with van der Waals surface area (Å²) < 4.78 is 8.18. The Hall–Kier alpha value is -4.44. The van der Waals surface area contributed by atoms with Crippen LogP contribution in [0.5, 0.6) is 0 Å². The lowest BCUT2D eigenvalue weighted by Gasteiger charge is -2.20. The standard InChI is InChI=1S/C29H32N6O4/c1-18(2)28(36)31-13-14-34(29(37)38)16-19-9-11-20(12-10-19)17-35-25-21-6-3-4-7-22(21)32-26(30)24(25)33-27(35)23-8-5-15-39-23/h3-4,6-7,9-12,23H,1,5,8,13-17H2,2H3,(H2,30,32)(H,31,36)(H,37,38). The van der Waals surface area contributed by atoms with Gasteiger partial charge in [0.05, 0.1) is 11.0 Å². The van der Waals surface area contributed by atoms with Gasteiger partial charge in [0, 0.05) is 43.7 Å². The number of carboxylic acid groups (broad SMARTS) is 1. The van der Waals surface area contributed by atoms with Crippen LogP contribution in [0.15, 0.2) is 60.7 Å². The number of nitrogens with zero attached hydrogens (tertiary/aromatic N) is 4. The summed E-state index contributed by atoms with van der Waals surface area (Å²) in [5.41, 5.74) is 11.0. The van der Waals surface area contributed by atoms with Crippen LogP contribution in [0.25, 0.3) is 21.9 Å². The van der Waals surface area contributed by atoms with E-state index >= 15 is 0 Å². The number of amides is 2. The molecule has 2 aromatic carbocycles. The molecule has 3 heterocycles. The number of carbonyl (C=O) groups excluding carboxylic acids is 1. The first-order valence-corrected chi connectivity index (χ1v) is 13.0. The maximum absolute atomic E-state index is 11.8. The van der Waals surface area contributed by atoms with Gasteiger partial charge in [0.25, 0.3) is 0 Å². The number of fused-ring (bicyclic) bond motifs is 3. The molecule has 10 nitrogen and oxygen atoms in total. The van der Waals surface area contributed by atoms with E-state index in [-0.39, 0.29) is 31.6 Å². The summed E-state index contributed by atoms with van der Waals surface area (Å²) in [5, 5.41) is 13.3. The van der Waals surface area contributed by atoms with Crippen LogP contribution in [0.1, 0.15) is 42.8 Å². The fraction of sp³-hybridized carbons (Fsp3) is 0.310. The van der Waals surface area contributed by atoms with Gasteiger partial charge in [0.15, 0.2) is 5.82 Å². The van der Waals surface area contributed by atoms with Crippen LogP contribution in [0.4, 0.5) is 10.6 Å². The van der Waals surface area contributed by atoms with Crippen LogP contribution in [-0.4, -0.2) is 56.2 Å². The van der Waals surface area contributed by atoms with Crippen LogP contribution < -0.4 is 11.1 Å². The van der Waals surface area contributed by atoms with Gasteiger partial charge in [-0.1, -0.05) is 49.0 Å². The first kappa shape index (κ1) is 26.2. The van der Waals surface area contributed by atoms with E-state index in [0.717, 1.165) is 46.2 Å². The number of aromatic nitrogens is 3. The molecule has 1 aliphatic rings. The first-order chi connectivity index (χ1) is 18.8. The van der Waals surface area contributed by atoms with E-state index in [9.17, 15) is 14.7 Å². The van der Waals surface area contributed by atoms with Gasteiger partial charge in [0.1, 0.15) is 17.4 Å². The molecular formula is C29H32N6O4. The van der Waals surface area contributed by atoms with Crippen molar-refractivity contribution in [3.8, 4) is 0 Å². The fourth-order valence-electron chi connectivity index (χ4n) is 4.91. The molecule has 1 unspecified atom stereocenters. The highest BCUT2D eigenvalue weighted by atomic mass is 16.5. The van der Waals surface area contributed by atoms with Crippen molar-refractivity contribution in [2.75, 3.05) is 25.4 Å². The summed E-state index contributed by atoms with van der Waals surface area (Å²) in [6.07, 6.45) is 0.719. The largest absolute Gasteiger partial charge is 0.465 e. The number of rotatable bonds is 9. The second-order valence-electron chi connectivity index (χ2n) is 9.83. The summed E-state index contributed by atoms with van der Waals surface area (Å²) in [5.74, 6) is 0.944. The Morgan fingerprint density at radius 1 is 1.18 bits per heavy atom. The second kappa shape index (κ2) is 11.1. The van der Waals surface area contributed by atoms with Crippen molar-refractivity contribution in [2.24, 2.45) is 0 Å². The van der Waals surface area contributed by atoms with E-state index < -0.39 is 6.09 Å². The lowest BCUT2D eigenvalue weighted by atomic mass is 10.1. The third-order valence-corrected chi connectivity index (χ3v) is 6.92. The Morgan fingerprint density at radius 2 is 1.92 bits per heavy atom. The number of carbonyl (C=O) groups is 2. The number of nitrogens with one attached hydrogen (secondary N) is 1. The number of anilines is 1. The molecule has 0 radical (unpaired) electrons. The fourth-order valence-corrected chi connectivity index (χ4v) is 4.91. The van der Waals surface area contributed by atoms with Crippen molar-refractivity contribution < 1.29 is 19.4 Å². The quantitative estimate of drug-likeness (QED) is 0.277.